The van der Waals surface area contributed by atoms with Gasteiger partial charge in [-0.3, -0.25) is 20.2 Å². The number of rotatable bonds is 4. The molecule has 0 unspecified atom stereocenters. The van der Waals surface area contributed by atoms with Crippen LogP contribution in [0.1, 0.15) is 23.6 Å². The summed E-state index contributed by atoms with van der Waals surface area (Å²) in [7, 11) is 0. The fourth-order valence-corrected chi connectivity index (χ4v) is 2.92. The fraction of sp³-hybridized carbons (Fsp3) is 0.105. The number of nitrogens with zero attached hydrogens (tertiary/aromatic N) is 4. The summed E-state index contributed by atoms with van der Waals surface area (Å²) in [5, 5.41) is 31.5. The van der Waals surface area contributed by atoms with E-state index in [1.165, 1.54) is 12.1 Å². The van der Waals surface area contributed by atoms with Crippen LogP contribution in [0.2, 0.25) is 0 Å². The van der Waals surface area contributed by atoms with Gasteiger partial charge in [-0.15, -0.1) is 0 Å². The van der Waals surface area contributed by atoms with E-state index >= 15 is 0 Å². The average molecular weight is 362 g/mol. The molecule has 134 valence electrons. The highest BCUT2D eigenvalue weighted by Crippen LogP contribution is 2.36. The Morgan fingerprint density at radius 3 is 2.56 bits per heavy atom. The summed E-state index contributed by atoms with van der Waals surface area (Å²) < 4.78 is 0. The van der Waals surface area contributed by atoms with E-state index in [-0.39, 0.29) is 16.9 Å². The number of nitro benzene ring substituents is 2. The minimum absolute atomic E-state index is 0.253. The van der Waals surface area contributed by atoms with Crippen LogP contribution in [0.4, 0.5) is 17.1 Å². The van der Waals surface area contributed by atoms with E-state index in [1.807, 2.05) is 24.1 Å². The molecule has 0 bridgehead atoms. The molecule has 8 nitrogen and oxygen atoms in total. The Hall–Kier alpha value is -3.99. The summed E-state index contributed by atoms with van der Waals surface area (Å²) in [6.45, 7) is 2.71. The van der Waals surface area contributed by atoms with Gasteiger partial charge in [0.25, 0.3) is 11.4 Å². The van der Waals surface area contributed by atoms with Gasteiger partial charge in [0.2, 0.25) is 0 Å². The molecular weight excluding hydrogens is 348 g/mol. The summed E-state index contributed by atoms with van der Waals surface area (Å²) >= 11 is 0. The number of allylic oxidation sites excluding steroid dienone is 2. The molecule has 0 atom stereocenters. The standard InChI is InChI=1S/C19H14N4O4/c1-2-21-8-7-14(17-9-13(12-20)3-6-18(17)21)10-15-4-5-16(22(24)25)11-19(15)23(26)27/h3-11H,2H2,1H3/b14-10-. The van der Waals surface area contributed by atoms with E-state index in [4.69, 9.17) is 0 Å². The zero-order valence-corrected chi connectivity index (χ0v) is 14.3. The minimum Gasteiger partial charge on any atom is -0.348 e. The molecule has 0 radical (unpaired) electrons. The summed E-state index contributed by atoms with van der Waals surface area (Å²) in [4.78, 5) is 23.0. The molecule has 2 aromatic rings. The van der Waals surface area contributed by atoms with Crippen LogP contribution in [0, 0.1) is 31.6 Å². The topological polar surface area (TPSA) is 113 Å². The van der Waals surface area contributed by atoms with E-state index in [2.05, 4.69) is 6.07 Å². The van der Waals surface area contributed by atoms with Crippen LogP contribution in [0.3, 0.4) is 0 Å². The Morgan fingerprint density at radius 1 is 1.15 bits per heavy atom. The van der Waals surface area contributed by atoms with Crippen LogP contribution >= 0.6 is 0 Å². The first-order valence-electron chi connectivity index (χ1n) is 8.08. The third kappa shape index (κ3) is 3.39. The van der Waals surface area contributed by atoms with Crippen molar-refractivity contribution in [3.63, 3.8) is 0 Å². The van der Waals surface area contributed by atoms with Crippen molar-refractivity contribution in [2.24, 2.45) is 0 Å². The highest BCUT2D eigenvalue weighted by atomic mass is 16.6. The molecule has 0 amide bonds. The Bertz CT molecular complexity index is 1050. The smallest absolute Gasteiger partial charge is 0.283 e. The largest absolute Gasteiger partial charge is 0.348 e. The molecule has 0 fully saturated rings. The van der Waals surface area contributed by atoms with E-state index in [1.54, 1.807) is 24.3 Å². The monoisotopic (exact) mass is 362 g/mol. The molecule has 0 N–H and O–H groups in total. The maximum atomic E-state index is 11.4. The van der Waals surface area contributed by atoms with Gasteiger partial charge in [-0.2, -0.15) is 5.26 Å². The molecule has 0 aliphatic carbocycles. The molecule has 1 aliphatic heterocycles. The second-order valence-corrected chi connectivity index (χ2v) is 5.80. The first-order valence-corrected chi connectivity index (χ1v) is 8.08. The number of hydrogen-bond acceptors (Lipinski definition) is 6. The van der Waals surface area contributed by atoms with Crippen LogP contribution in [0.5, 0.6) is 0 Å². The second kappa shape index (κ2) is 7.09. The van der Waals surface area contributed by atoms with Crippen molar-refractivity contribution >= 4 is 28.7 Å². The second-order valence-electron chi connectivity index (χ2n) is 5.80. The lowest BCUT2D eigenvalue weighted by Gasteiger charge is -2.26. The van der Waals surface area contributed by atoms with Gasteiger partial charge < -0.3 is 4.90 Å². The Balaban J connectivity index is 2.17. The number of anilines is 1. The predicted molar refractivity (Wildman–Crippen MR) is 101 cm³/mol. The zero-order valence-electron chi connectivity index (χ0n) is 14.3. The molecule has 2 aromatic carbocycles. The van der Waals surface area contributed by atoms with Crippen LogP contribution in [0.25, 0.3) is 11.6 Å². The lowest BCUT2D eigenvalue weighted by Crippen LogP contribution is -2.19. The minimum atomic E-state index is -0.669. The van der Waals surface area contributed by atoms with Crippen molar-refractivity contribution in [1.82, 2.24) is 0 Å². The van der Waals surface area contributed by atoms with Crippen LogP contribution in [-0.2, 0) is 0 Å². The van der Waals surface area contributed by atoms with Crippen molar-refractivity contribution < 1.29 is 9.85 Å². The number of benzene rings is 2. The van der Waals surface area contributed by atoms with E-state index < -0.39 is 9.85 Å². The molecule has 0 saturated heterocycles. The Labute approximate surface area is 154 Å². The zero-order chi connectivity index (χ0) is 19.6. The van der Waals surface area contributed by atoms with E-state index in [9.17, 15) is 25.5 Å². The molecule has 27 heavy (non-hydrogen) atoms. The first-order chi connectivity index (χ1) is 12.9. The van der Waals surface area contributed by atoms with Crippen LogP contribution in [-0.4, -0.2) is 16.4 Å². The third-order valence-corrected chi connectivity index (χ3v) is 4.25. The van der Waals surface area contributed by atoms with Crippen LogP contribution < -0.4 is 4.90 Å². The van der Waals surface area contributed by atoms with Crippen molar-refractivity contribution in [1.29, 1.82) is 5.26 Å². The van der Waals surface area contributed by atoms with Crippen molar-refractivity contribution in [2.45, 2.75) is 6.92 Å². The summed E-state index contributed by atoms with van der Waals surface area (Å²) in [6, 6.07) is 10.9. The number of fused-ring (bicyclic) bond motifs is 1. The van der Waals surface area contributed by atoms with E-state index in [0.29, 0.717) is 11.1 Å². The molecule has 1 heterocycles. The predicted octanol–water partition coefficient (Wildman–Crippen LogP) is 4.27. The molecule has 8 heteroatoms. The van der Waals surface area contributed by atoms with Crippen molar-refractivity contribution in [2.75, 3.05) is 11.4 Å². The highest BCUT2D eigenvalue weighted by Gasteiger charge is 2.21. The molecular formula is C19H14N4O4. The third-order valence-electron chi connectivity index (χ3n) is 4.25. The average Bonchev–Trinajstić information content (AvgIpc) is 2.67. The highest BCUT2D eigenvalue weighted by molar-refractivity contribution is 5.96. The number of non-ortho nitro benzene ring substituents is 1. The quantitative estimate of drug-likeness (QED) is 0.593. The lowest BCUT2D eigenvalue weighted by atomic mass is 9.95. The van der Waals surface area contributed by atoms with Crippen molar-refractivity contribution in [3.8, 4) is 6.07 Å². The molecule has 1 aliphatic rings. The maximum Gasteiger partial charge on any atom is 0.283 e. The summed E-state index contributed by atoms with van der Waals surface area (Å²) in [5.74, 6) is 0. The summed E-state index contributed by atoms with van der Waals surface area (Å²) in [5.41, 5.74) is 2.38. The van der Waals surface area contributed by atoms with Crippen molar-refractivity contribution in [3.05, 3.63) is 85.6 Å². The SMILES string of the molecule is CCN1C=C/C(=C/c2ccc([N+](=O)[O-])cc2[N+](=O)[O-])c2cc(C#N)ccc21. The molecule has 3 rings (SSSR count). The first kappa shape index (κ1) is 17.8. The van der Waals surface area contributed by atoms with Gasteiger partial charge in [-0.1, -0.05) is 0 Å². The van der Waals surface area contributed by atoms with Gasteiger partial charge in [0.15, 0.2) is 0 Å². The van der Waals surface area contributed by atoms with Crippen LogP contribution in [0.15, 0.2) is 48.7 Å². The fourth-order valence-electron chi connectivity index (χ4n) is 2.92. The maximum absolute atomic E-state index is 11.4. The van der Waals surface area contributed by atoms with E-state index in [0.717, 1.165) is 23.9 Å². The summed E-state index contributed by atoms with van der Waals surface area (Å²) in [6.07, 6.45) is 5.26. The van der Waals surface area contributed by atoms with Gasteiger partial charge in [-0.05, 0) is 48.9 Å². The van der Waals surface area contributed by atoms with Gasteiger partial charge in [0.05, 0.1) is 33.1 Å². The normalized spacial score (nSPS) is 13.9. The Kier molecular flexibility index (Phi) is 4.68. The van der Waals surface area contributed by atoms with Gasteiger partial charge in [0.1, 0.15) is 0 Å². The van der Waals surface area contributed by atoms with Gasteiger partial charge >= 0.3 is 0 Å². The van der Waals surface area contributed by atoms with Gasteiger partial charge in [0, 0.05) is 30.1 Å². The number of nitro groups is 2. The molecule has 0 saturated carbocycles. The number of hydrogen-bond donors (Lipinski definition) is 0. The lowest BCUT2D eigenvalue weighted by molar-refractivity contribution is -0.394. The van der Waals surface area contributed by atoms with Gasteiger partial charge in [-0.25, -0.2) is 0 Å². The molecule has 0 aromatic heterocycles. The molecule has 0 spiro atoms. The number of nitriles is 1. The Morgan fingerprint density at radius 2 is 1.93 bits per heavy atom.